The van der Waals surface area contributed by atoms with E-state index in [1.165, 1.54) is 37.1 Å². The van der Waals surface area contributed by atoms with Crippen LogP contribution in [0.4, 0.5) is 4.39 Å². The molecule has 0 aromatic heterocycles. The van der Waals surface area contributed by atoms with Crippen molar-refractivity contribution in [2.75, 3.05) is 13.2 Å². The number of hydrogen-bond acceptors (Lipinski definition) is 4. The Kier molecular flexibility index (Phi) is 7.47. The number of amides is 1. The maximum Gasteiger partial charge on any atom is 0.220 e. The summed E-state index contributed by atoms with van der Waals surface area (Å²) in [6, 6.07) is 6.77. The monoisotopic (exact) mass is 372 g/mol. The van der Waals surface area contributed by atoms with Gasteiger partial charge < -0.3 is 20.5 Å². The molecule has 3 unspecified atom stereocenters. The molecule has 1 aromatic rings. The number of ether oxygens (including phenoxy) is 1. The lowest BCUT2D eigenvalue weighted by Gasteiger charge is -2.28. The molecule has 3 atom stereocenters. The molecule has 0 saturated carbocycles. The number of halogens is 2. The zero-order valence-electron chi connectivity index (χ0n) is 14.1. The van der Waals surface area contributed by atoms with Gasteiger partial charge in [0.25, 0.3) is 0 Å². The van der Waals surface area contributed by atoms with Crippen molar-refractivity contribution in [3.05, 3.63) is 30.1 Å². The molecule has 1 aromatic carbocycles. The van der Waals surface area contributed by atoms with Crippen LogP contribution in [-0.2, 0) is 4.79 Å². The number of piperidine rings is 1. The van der Waals surface area contributed by atoms with Crippen LogP contribution in [0.15, 0.2) is 24.3 Å². The predicted octanol–water partition coefficient (Wildman–Crippen LogP) is 2.02. The van der Waals surface area contributed by atoms with Gasteiger partial charge in [0, 0.05) is 25.0 Å². The number of rotatable bonds is 7. The van der Waals surface area contributed by atoms with Gasteiger partial charge in [0.1, 0.15) is 24.3 Å². The fourth-order valence-electron chi connectivity index (χ4n) is 3.69. The van der Waals surface area contributed by atoms with E-state index in [1.54, 1.807) is 0 Å². The zero-order chi connectivity index (χ0) is 16.9. The van der Waals surface area contributed by atoms with Gasteiger partial charge >= 0.3 is 0 Å². The molecule has 1 amide bonds. The highest BCUT2D eigenvalue weighted by Gasteiger charge is 2.34. The molecule has 3 rings (SSSR count). The number of nitrogens with one attached hydrogen (secondary N) is 2. The Hall–Kier alpha value is -1.37. The highest BCUT2D eigenvalue weighted by Crippen LogP contribution is 2.32. The van der Waals surface area contributed by atoms with E-state index in [4.69, 9.17) is 4.74 Å². The van der Waals surface area contributed by atoms with Gasteiger partial charge in [-0.05, 0) is 55.9 Å². The largest absolute Gasteiger partial charge is 0.491 e. The van der Waals surface area contributed by atoms with E-state index in [1.807, 2.05) is 0 Å². The van der Waals surface area contributed by atoms with E-state index in [-0.39, 0.29) is 37.3 Å². The summed E-state index contributed by atoms with van der Waals surface area (Å²) in [5, 5.41) is 16.2. The summed E-state index contributed by atoms with van der Waals surface area (Å²) >= 11 is 0. The summed E-state index contributed by atoms with van der Waals surface area (Å²) in [5.74, 6) is 0.590. The third kappa shape index (κ3) is 6.13. The summed E-state index contributed by atoms with van der Waals surface area (Å²) < 4.78 is 18.1. The molecule has 3 N–H and O–H groups in total. The lowest BCUT2D eigenvalue weighted by Crippen LogP contribution is -2.41. The molecule has 0 radical (unpaired) electrons. The van der Waals surface area contributed by atoms with E-state index in [9.17, 15) is 14.3 Å². The molecule has 5 nitrogen and oxygen atoms in total. The van der Waals surface area contributed by atoms with Crippen molar-refractivity contribution in [2.45, 2.75) is 50.3 Å². The Balaban J connectivity index is 0.00000225. The molecular weight excluding hydrogens is 347 g/mol. The molecule has 140 valence electrons. The Morgan fingerprint density at radius 1 is 1.28 bits per heavy atom. The van der Waals surface area contributed by atoms with Crippen LogP contribution < -0.4 is 15.4 Å². The standard InChI is InChI=1S/C18H25FN2O3.ClH/c19-13-1-5-17(6-2-13)24-11-16(22)10-20-18(23)9-12-7-14-3-4-15(8-12)21-14;/h1-2,5-6,12,14-16,21-22H,3-4,7-11H2,(H,20,23);1H. The van der Waals surface area contributed by atoms with E-state index < -0.39 is 6.10 Å². The minimum Gasteiger partial charge on any atom is -0.491 e. The number of hydrogen-bond donors (Lipinski definition) is 3. The zero-order valence-corrected chi connectivity index (χ0v) is 14.9. The Bertz CT molecular complexity index is 546. The number of fused-ring (bicyclic) bond motifs is 2. The van der Waals surface area contributed by atoms with E-state index in [2.05, 4.69) is 10.6 Å². The van der Waals surface area contributed by atoms with Crippen LogP contribution in [-0.4, -0.2) is 42.4 Å². The first kappa shape index (κ1) is 19.9. The van der Waals surface area contributed by atoms with Crippen LogP contribution in [0.25, 0.3) is 0 Å². The van der Waals surface area contributed by atoms with Crippen LogP contribution in [0, 0.1) is 11.7 Å². The predicted molar refractivity (Wildman–Crippen MR) is 95.4 cm³/mol. The number of carbonyl (C=O) groups excluding carboxylic acids is 1. The molecule has 2 fully saturated rings. The topological polar surface area (TPSA) is 70.6 Å². The molecule has 2 aliphatic heterocycles. The van der Waals surface area contributed by atoms with Gasteiger partial charge in [-0.1, -0.05) is 0 Å². The number of benzene rings is 1. The molecule has 2 bridgehead atoms. The summed E-state index contributed by atoms with van der Waals surface area (Å²) in [6.07, 6.45) is 4.33. The molecule has 2 saturated heterocycles. The highest BCUT2D eigenvalue weighted by molar-refractivity contribution is 5.85. The lowest BCUT2D eigenvalue weighted by atomic mass is 9.89. The van der Waals surface area contributed by atoms with E-state index in [0.29, 0.717) is 30.2 Å². The first-order chi connectivity index (χ1) is 11.6. The highest BCUT2D eigenvalue weighted by atomic mass is 35.5. The third-order valence-electron chi connectivity index (χ3n) is 4.84. The average Bonchev–Trinajstić information content (AvgIpc) is 2.91. The second kappa shape index (κ2) is 9.36. The first-order valence-electron chi connectivity index (χ1n) is 8.67. The Labute approximate surface area is 153 Å². The van der Waals surface area contributed by atoms with E-state index in [0.717, 1.165) is 12.8 Å². The molecule has 25 heavy (non-hydrogen) atoms. The van der Waals surface area contributed by atoms with Crippen LogP contribution in [0.3, 0.4) is 0 Å². The molecule has 0 spiro atoms. The number of aliphatic hydroxyl groups excluding tert-OH is 1. The summed E-state index contributed by atoms with van der Waals surface area (Å²) in [5.41, 5.74) is 0. The van der Waals surface area contributed by atoms with Gasteiger partial charge in [-0.3, -0.25) is 4.79 Å². The van der Waals surface area contributed by atoms with Gasteiger partial charge in [-0.25, -0.2) is 4.39 Å². The average molecular weight is 373 g/mol. The van der Waals surface area contributed by atoms with Gasteiger partial charge in [-0.15, -0.1) is 12.4 Å². The van der Waals surface area contributed by atoms with Crippen molar-refractivity contribution in [2.24, 2.45) is 5.92 Å². The maximum atomic E-state index is 12.8. The van der Waals surface area contributed by atoms with Crippen LogP contribution in [0.2, 0.25) is 0 Å². The molecule has 2 aliphatic rings. The summed E-state index contributed by atoms with van der Waals surface area (Å²) in [7, 11) is 0. The smallest absolute Gasteiger partial charge is 0.220 e. The normalized spacial score (nSPS) is 25.8. The SMILES string of the molecule is Cl.O=C(CC1CC2CCC(C1)N2)NCC(O)COc1ccc(F)cc1. The minimum absolute atomic E-state index is 0. The Morgan fingerprint density at radius 2 is 1.92 bits per heavy atom. The number of carbonyl (C=O) groups is 1. The fraction of sp³-hybridized carbons (Fsp3) is 0.611. The van der Waals surface area contributed by atoms with Gasteiger partial charge in [0.15, 0.2) is 0 Å². The molecule has 2 heterocycles. The lowest BCUT2D eigenvalue weighted by molar-refractivity contribution is -0.122. The third-order valence-corrected chi connectivity index (χ3v) is 4.84. The van der Waals surface area contributed by atoms with Crippen molar-refractivity contribution in [3.63, 3.8) is 0 Å². The minimum atomic E-state index is -0.789. The van der Waals surface area contributed by atoms with Crippen molar-refractivity contribution in [3.8, 4) is 5.75 Å². The molecule has 7 heteroatoms. The maximum absolute atomic E-state index is 12.8. The summed E-state index contributed by atoms with van der Waals surface area (Å²) in [4.78, 5) is 12.0. The van der Waals surface area contributed by atoms with Crippen molar-refractivity contribution in [1.29, 1.82) is 0 Å². The van der Waals surface area contributed by atoms with Gasteiger partial charge in [0.2, 0.25) is 5.91 Å². The first-order valence-corrected chi connectivity index (χ1v) is 8.67. The van der Waals surface area contributed by atoms with Crippen molar-refractivity contribution >= 4 is 18.3 Å². The quantitative estimate of drug-likeness (QED) is 0.685. The van der Waals surface area contributed by atoms with E-state index >= 15 is 0 Å². The van der Waals surface area contributed by atoms with Crippen LogP contribution >= 0.6 is 12.4 Å². The second-order valence-corrected chi connectivity index (χ2v) is 6.90. The second-order valence-electron chi connectivity index (χ2n) is 6.90. The van der Waals surface area contributed by atoms with Crippen molar-refractivity contribution in [1.82, 2.24) is 10.6 Å². The van der Waals surface area contributed by atoms with Crippen molar-refractivity contribution < 1.29 is 19.0 Å². The number of aliphatic hydroxyl groups is 1. The van der Waals surface area contributed by atoms with Crippen LogP contribution in [0.1, 0.15) is 32.1 Å². The van der Waals surface area contributed by atoms with Crippen LogP contribution in [0.5, 0.6) is 5.75 Å². The summed E-state index contributed by atoms with van der Waals surface area (Å²) in [6.45, 7) is 0.223. The van der Waals surface area contributed by atoms with Gasteiger partial charge in [-0.2, -0.15) is 0 Å². The van der Waals surface area contributed by atoms with Gasteiger partial charge in [0.05, 0.1) is 0 Å². The fourth-order valence-corrected chi connectivity index (χ4v) is 3.69. The molecular formula is C18H26ClFN2O3. The Morgan fingerprint density at radius 3 is 2.56 bits per heavy atom. The molecule has 0 aliphatic carbocycles.